The first-order valence-electron chi connectivity index (χ1n) is 10.1. The second-order valence-corrected chi connectivity index (χ2v) is 7.82. The van der Waals surface area contributed by atoms with Crippen molar-refractivity contribution in [2.24, 2.45) is 0 Å². The Morgan fingerprint density at radius 3 is 2.90 bits per heavy atom. The predicted octanol–water partition coefficient (Wildman–Crippen LogP) is 1.77. The summed E-state index contributed by atoms with van der Waals surface area (Å²) in [6.45, 7) is 1.80. The third kappa shape index (κ3) is 3.12. The average molecular weight is 409 g/mol. The molecule has 1 atom stereocenters. The maximum absolute atomic E-state index is 13.0. The predicted molar refractivity (Wildman–Crippen MR) is 107 cm³/mol. The van der Waals surface area contributed by atoms with E-state index in [4.69, 9.17) is 14.2 Å². The Hall–Kier alpha value is -2.97. The summed E-state index contributed by atoms with van der Waals surface area (Å²) in [4.78, 5) is 31.7. The first-order chi connectivity index (χ1) is 14.6. The zero-order valence-electron chi connectivity index (χ0n) is 16.7. The van der Waals surface area contributed by atoms with Crippen molar-refractivity contribution in [3.8, 4) is 5.75 Å². The maximum atomic E-state index is 13.0. The lowest BCUT2D eigenvalue weighted by Crippen LogP contribution is -2.49. The smallest absolute Gasteiger partial charge is 0.270 e. The van der Waals surface area contributed by atoms with E-state index in [2.05, 4.69) is 10.3 Å². The van der Waals surface area contributed by atoms with Crippen LogP contribution in [0.1, 0.15) is 34.5 Å². The molecule has 156 valence electrons. The van der Waals surface area contributed by atoms with Crippen LogP contribution in [0.4, 0.5) is 5.69 Å². The number of amides is 2. The third-order valence-corrected chi connectivity index (χ3v) is 6.08. The lowest BCUT2D eigenvalue weighted by atomic mass is 9.86. The van der Waals surface area contributed by atoms with Crippen LogP contribution in [0.25, 0.3) is 0 Å². The molecule has 0 bridgehead atoms. The summed E-state index contributed by atoms with van der Waals surface area (Å²) < 4.78 is 17.3. The van der Waals surface area contributed by atoms with Crippen LogP contribution in [-0.2, 0) is 26.5 Å². The normalized spacial score (nSPS) is 22.1. The lowest BCUT2D eigenvalue weighted by molar-refractivity contribution is -0.120. The standard InChI is InChI=1S/C22H23N3O5/c1-25-18-4-2-3-5-19(18)29-13-17(21(25)27)24-20(26)16-10-15-14(11-23-16)12-30-22(15)6-8-28-9-7-22/h2-5,10-11,17H,6-9,12-13H2,1H3,(H,24,26)/t17-/m0/s1. The van der Waals surface area contributed by atoms with E-state index in [9.17, 15) is 9.59 Å². The van der Waals surface area contributed by atoms with Crippen molar-refractivity contribution in [3.05, 3.63) is 53.3 Å². The van der Waals surface area contributed by atoms with Crippen molar-refractivity contribution in [2.45, 2.75) is 31.1 Å². The SMILES string of the molecule is CN1C(=O)[C@@H](NC(=O)c2cc3c(cn2)COC32CCOCC2)COc2ccccc21. The van der Waals surface area contributed by atoms with E-state index in [1.54, 1.807) is 25.4 Å². The van der Waals surface area contributed by atoms with E-state index >= 15 is 0 Å². The number of anilines is 1. The molecule has 2 aromatic rings. The molecular formula is C22H23N3O5. The van der Waals surface area contributed by atoms with Gasteiger partial charge in [-0.15, -0.1) is 0 Å². The van der Waals surface area contributed by atoms with Crippen LogP contribution in [0.2, 0.25) is 0 Å². The fraction of sp³-hybridized carbons (Fsp3) is 0.409. The second-order valence-electron chi connectivity index (χ2n) is 7.82. The number of hydrogen-bond acceptors (Lipinski definition) is 6. The number of carbonyl (C=O) groups excluding carboxylic acids is 2. The number of ether oxygens (including phenoxy) is 3. The Labute approximate surface area is 174 Å². The number of aromatic nitrogens is 1. The van der Waals surface area contributed by atoms with Crippen molar-refractivity contribution in [2.75, 3.05) is 31.8 Å². The van der Waals surface area contributed by atoms with Gasteiger partial charge in [-0.25, -0.2) is 0 Å². The minimum Gasteiger partial charge on any atom is -0.489 e. The summed E-state index contributed by atoms with van der Waals surface area (Å²) >= 11 is 0. The van der Waals surface area contributed by atoms with E-state index in [0.717, 1.165) is 24.0 Å². The molecule has 3 aliphatic rings. The molecule has 5 rings (SSSR count). The van der Waals surface area contributed by atoms with Gasteiger partial charge in [-0.05, 0) is 23.8 Å². The van der Waals surface area contributed by atoms with Gasteiger partial charge >= 0.3 is 0 Å². The van der Waals surface area contributed by atoms with Crippen LogP contribution in [0.15, 0.2) is 36.5 Å². The summed E-state index contributed by atoms with van der Waals surface area (Å²) in [5.74, 6) is -0.0359. The third-order valence-electron chi connectivity index (χ3n) is 6.08. The summed E-state index contributed by atoms with van der Waals surface area (Å²) in [7, 11) is 1.68. The molecule has 0 saturated carbocycles. The number of pyridine rings is 1. The Balaban J connectivity index is 1.36. The molecule has 1 fully saturated rings. The summed E-state index contributed by atoms with van der Waals surface area (Å²) in [5.41, 5.74) is 2.53. The Bertz CT molecular complexity index is 997. The van der Waals surface area contributed by atoms with Crippen molar-refractivity contribution in [3.63, 3.8) is 0 Å². The second kappa shape index (κ2) is 7.37. The number of rotatable bonds is 2. The molecule has 1 N–H and O–H groups in total. The molecule has 0 unspecified atom stereocenters. The molecular weight excluding hydrogens is 386 g/mol. The zero-order valence-corrected chi connectivity index (χ0v) is 16.7. The van der Waals surface area contributed by atoms with Crippen molar-refractivity contribution < 1.29 is 23.8 Å². The Morgan fingerprint density at radius 2 is 2.07 bits per heavy atom. The van der Waals surface area contributed by atoms with Gasteiger partial charge in [-0.2, -0.15) is 0 Å². The highest BCUT2D eigenvalue weighted by atomic mass is 16.5. The molecule has 1 aromatic heterocycles. The molecule has 1 spiro atoms. The quantitative estimate of drug-likeness (QED) is 0.813. The van der Waals surface area contributed by atoms with Gasteiger partial charge in [0.25, 0.3) is 11.8 Å². The minimum atomic E-state index is -0.807. The zero-order chi connectivity index (χ0) is 20.7. The van der Waals surface area contributed by atoms with Crippen LogP contribution >= 0.6 is 0 Å². The van der Waals surface area contributed by atoms with Crippen LogP contribution in [0.5, 0.6) is 5.75 Å². The minimum absolute atomic E-state index is 0.0568. The fourth-order valence-corrected chi connectivity index (χ4v) is 4.34. The van der Waals surface area contributed by atoms with Gasteiger partial charge in [0.15, 0.2) is 0 Å². The summed E-state index contributed by atoms with van der Waals surface area (Å²) in [6, 6.07) is 8.29. The van der Waals surface area contributed by atoms with Gasteiger partial charge < -0.3 is 24.4 Å². The van der Waals surface area contributed by atoms with Gasteiger partial charge in [0.1, 0.15) is 24.1 Å². The topological polar surface area (TPSA) is 90.0 Å². The monoisotopic (exact) mass is 409 g/mol. The number of hydrogen-bond donors (Lipinski definition) is 1. The molecule has 4 heterocycles. The molecule has 3 aliphatic heterocycles. The number of carbonyl (C=O) groups is 2. The van der Waals surface area contributed by atoms with Gasteiger partial charge in [-0.1, -0.05) is 12.1 Å². The van der Waals surface area contributed by atoms with E-state index in [0.29, 0.717) is 31.3 Å². The molecule has 1 aromatic carbocycles. The number of benzene rings is 1. The molecule has 0 aliphatic carbocycles. The lowest BCUT2D eigenvalue weighted by Gasteiger charge is -2.33. The summed E-state index contributed by atoms with van der Waals surface area (Å²) in [6.07, 6.45) is 3.20. The molecule has 2 amide bonds. The molecule has 8 nitrogen and oxygen atoms in total. The van der Waals surface area contributed by atoms with Crippen molar-refractivity contribution in [1.29, 1.82) is 0 Å². The van der Waals surface area contributed by atoms with Crippen LogP contribution in [0, 0.1) is 0 Å². The van der Waals surface area contributed by atoms with Gasteiger partial charge in [0, 0.05) is 44.9 Å². The Kier molecular flexibility index (Phi) is 4.67. The van der Waals surface area contributed by atoms with Gasteiger partial charge in [0.2, 0.25) is 0 Å². The molecule has 30 heavy (non-hydrogen) atoms. The van der Waals surface area contributed by atoms with E-state index < -0.39 is 17.6 Å². The maximum Gasteiger partial charge on any atom is 0.270 e. The van der Waals surface area contributed by atoms with Gasteiger partial charge in [0.05, 0.1) is 17.9 Å². The van der Waals surface area contributed by atoms with E-state index in [-0.39, 0.29) is 18.2 Å². The molecule has 1 saturated heterocycles. The van der Waals surface area contributed by atoms with Crippen molar-refractivity contribution in [1.82, 2.24) is 10.3 Å². The largest absolute Gasteiger partial charge is 0.489 e. The highest BCUT2D eigenvalue weighted by Gasteiger charge is 2.42. The van der Waals surface area contributed by atoms with Crippen LogP contribution in [0.3, 0.4) is 0 Å². The number of nitrogens with zero attached hydrogens (tertiary/aromatic N) is 2. The van der Waals surface area contributed by atoms with Crippen molar-refractivity contribution >= 4 is 17.5 Å². The van der Waals surface area contributed by atoms with Gasteiger partial charge in [-0.3, -0.25) is 14.6 Å². The number of para-hydroxylation sites is 2. The summed E-state index contributed by atoms with van der Waals surface area (Å²) in [5, 5.41) is 2.79. The number of nitrogens with one attached hydrogen (secondary N) is 1. The highest BCUT2D eigenvalue weighted by molar-refractivity contribution is 6.02. The van der Waals surface area contributed by atoms with E-state index in [1.807, 2.05) is 18.2 Å². The first kappa shape index (κ1) is 19.0. The first-order valence-corrected chi connectivity index (χ1v) is 10.1. The van der Waals surface area contributed by atoms with Crippen LogP contribution in [-0.4, -0.2) is 49.7 Å². The van der Waals surface area contributed by atoms with Crippen LogP contribution < -0.4 is 15.0 Å². The molecule has 0 radical (unpaired) electrons. The fourth-order valence-electron chi connectivity index (χ4n) is 4.34. The Morgan fingerprint density at radius 1 is 1.27 bits per heavy atom. The van der Waals surface area contributed by atoms with E-state index in [1.165, 1.54) is 4.90 Å². The molecule has 8 heteroatoms. The number of likely N-dealkylation sites (N-methyl/N-ethyl adjacent to an activating group) is 1. The average Bonchev–Trinajstić information content (AvgIpc) is 3.07. The number of fused-ring (bicyclic) bond motifs is 3. The highest BCUT2D eigenvalue weighted by Crippen LogP contribution is 2.43.